The van der Waals surface area contributed by atoms with Crippen LogP contribution in [0.3, 0.4) is 0 Å². The maximum absolute atomic E-state index is 11.1. The Morgan fingerprint density at radius 1 is 0.947 bits per heavy atom. The monoisotopic (exact) mass is 274 g/mol. The van der Waals surface area contributed by atoms with Crippen molar-refractivity contribution < 1.29 is 19.0 Å². The minimum Gasteiger partial charge on any atom is -0.463 e. The molecule has 0 amide bonds. The molecule has 4 nitrogen and oxygen atoms in total. The number of hydrogen-bond acceptors (Lipinski definition) is 4. The van der Waals surface area contributed by atoms with Crippen molar-refractivity contribution in [2.24, 2.45) is 0 Å². The lowest BCUT2D eigenvalue weighted by atomic mass is 10.1. The fraction of sp³-hybridized carbons (Fsp3) is 0.933. The third kappa shape index (κ3) is 11.0. The van der Waals surface area contributed by atoms with Crippen molar-refractivity contribution in [3.63, 3.8) is 0 Å². The van der Waals surface area contributed by atoms with Gasteiger partial charge in [0.2, 0.25) is 0 Å². The van der Waals surface area contributed by atoms with Gasteiger partial charge in [0.15, 0.2) is 6.29 Å². The number of ether oxygens (including phenoxy) is 3. The Bertz CT molecular complexity index is 212. The maximum atomic E-state index is 11.1. The highest BCUT2D eigenvalue weighted by Crippen LogP contribution is 2.15. The van der Waals surface area contributed by atoms with Crippen LogP contribution in [-0.2, 0) is 19.0 Å². The van der Waals surface area contributed by atoms with Crippen LogP contribution in [0.4, 0.5) is 0 Å². The van der Waals surface area contributed by atoms with Gasteiger partial charge in [0, 0.05) is 26.6 Å². The van der Waals surface area contributed by atoms with Crippen molar-refractivity contribution >= 4 is 5.97 Å². The molecule has 19 heavy (non-hydrogen) atoms. The van der Waals surface area contributed by atoms with Gasteiger partial charge in [-0.3, -0.25) is 4.79 Å². The van der Waals surface area contributed by atoms with E-state index in [0.717, 1.165) is 25.7 Å². The molecule has 0 radical (unpaired) electrons. The first-order valence-corrected chi connectivity index (χ1v) is 7.54. The number of rotatable bonds is 12. The Hall–Kier alpha value is -0.610. The first-order chi connectivity index (χ1) is 9.13. The number of carbonyl (C=O) groups excluding carboxylic acids is 1. The molecule has 0 aliphatic heterocycles. The number of unbranched alkanes of at least 4 members (excludes halogenated alkanes) is 2. The normalized spacial score (nSPS) is 12.7. The number of carbonyl (C=O) groups is 1. The zero-order valence-corrected chi connectivity index (χ0v) is 12.9. The van der Waals surface area contributed by atoms with E-state index in [1.807, 2.05) is 13.8 Å². The summed E-state index contributed by atoms with van der Waals surface area (Å²) in [4.78, 5) is 11.1. The fourth-order valence-corrected chi connectivity index (χ4v) is 2.03. The summed E-state index contributed by atoms with van der Waals surface area (Å²) in [6.45, 7) is 8.82. The van der Waals surface area contributed by atoms with Gasteiger partial charge in [-0.15, -0.1) is 0 Å². The third-order valence-electron chi connectivity index (χ3n) is 2.89. The lowest BCUT2D eigenvalue weighted by molar-refractivity contribution is -0.155. The van der Waals surface area contributed by atoms with Gasteiger partial charge in [-0.1, -0.05) is 19.8 Å². The van der Waals surface area contributed by atoms with E-state index in [1.54, 1.807) is 0 Å². The molecule has 0 aromatic carbocycles. The van der Waals surface area contributed by atoms with Crippen molar-refractivity contribution in [3.05, 3.63) is 0 Å². The highest BCUT2D eigenvalue weighted by atomic mass is 16.7. The minimum absolute atomic E-state index is 0.00698. The quantitative estimate of drug-likeness (QED) is 0.309. The van der Waals surface area contributed by atoms with E-state index in [0.29, 0.717) is 13.2 Å². The minimum atomic E-state index is -0.203. The zero-order valence-electron chi connectivity index (χ0n) is 12.9. The van der Waals surface area contributed by atoms with E-state index in [4.69, 9.17) is 14.2 Å². The second-order valence-corrected chi connectivity index (χ2v) is 4.64. The maximum Gasteiger partial charge on any atom is 0.302 e. The second-order valence-electron chi connectivity index (χ2n) is 4.64. The lowest BCUT2D eigenvalue weighted by Gasteiger charge is -2.21. The Morgan fingerprint density at radius 3 is 2.05 bits per heavy atom. The SMILES string of the molecule is CCCCC[C@H](CCC(OCC)OCC)OC(C)=O. The van der Waals surface area contributed by atoms with E-state index in [1.165, 1.54) is 19.8 Å². The van der Waals surface area contributed by atoms with Crippen LogP contribution in [0.15, 0.2) is 0 Å². The van der Waals surface area contributed by atoms with Crippen LogP contribution < -0.4 is 0 Å². The molecule has 0 bridgehead atoms. The van der Waals surface area contributed by atoms with Crippen LogP contribution >= 0.6 is 0 Å². The van der Waals surface area contributed by atoms with Crippen LogP contribution in [-0.4, -0.2) is 31.6 Å². The standard InChI is InChI=1S/C15H30O4/c1-5-8-9-10-14(19-13(4)16)11-12-15(17-6-2)18-7-3/h14-15H,5-12H2,1-4H3/t14-/m1/s1. The molecule has 0 N–H and O–H groups in total. The summed E-state index contributed by atoms with van der Waals surface area (Å²) in [5.74, 6) is -0.203. The topological polar surface area (TPSA) is 44.8 Å². The van der Waals surface area contributed by atoms with E-state index in [2.05, 4.69) is 6.92 Å². The first kappa shape index (κ1) is 18.4. The smallest absolute Gasteiger partial charge is 0.302 e. The first-order valence-electron chi connectivity index (χ1n) is 7.54. The van der Waals surface area contributed by atoms with Gasteiger partial charge in [-0.25, -0.2) is 0 Å². The Kier molecular flexibility index (Phi) is 12.0. The predicted molar refractivity (Wildman–Crippen MR) is 76.0 cm³/mol. The molecular weight excluding hydrogens is 244 g/mol. The van der Waals surface area contributed by atoms with Gasteiger partial charge in [0.05, 0.1) is 0 Å². The van der Waals surface area contributed by atoms with E-state index < -0.39 is 0 Å². The van der Waals surface area contributed by atoms with Crippen molar-refractivity contribution in [2.75, 3.05) is 13.2 Å². The molecule has 114 valence electrons. The van der Waals surface area contributed by atoms with Crippen molar-refractivity contribution in [2.45, 2.75) is 78.6 Å². The molecule has 1 atom stereocenters. The van der Waals surface area contributed by atoms with Crippen molar-refractivity contribution in [1.29, 1.82) is 0 Å². The molecule has 0 aliphatic rings. The van der Waals surface area contributed by atoms with Gasteiger partial charge in [-0.05, 0) is 33.1 Å². The molecular formula is C15H30O4. The Balaban J connectivity index is 4.08. The van der Waals surface area contributed by atoms with Gasteiger partial charge >= 0.3 is 5.97 Å². The average molecular weight is 274 g/mol. The molecule has 0 saturated carbocycles. The van der Waals surface area contributed by atoms with Crippen molar-refractivity contribution in [3.8, 4) is 0 Å². The summed E-state index contributed by atoms with van der Waals surface area (Å²) in [5.41, 5.74) is 0. The summed E-state index contributed by atoms with van der Waals surface area (Å²) in [6, 6.07) is 0. The van der Waals surface area contributed by atoms with Crippen LogP contribution in [0.2, 0.25) is 0 Å². The molecule has 0 aromatic heterocycles. The summed E-state index contributed by atoms with van der Waals surface area (Å²) in [5, 5.41) is 0. The zero-order chi connectivity index (χ0) is 14.5. The molecule has 0 spiro atoms. The molecule has 0 aromatic rings. The van der Waals surface area contributed by atoms with Gasteiger partial charge in [-0.2, -0.15) is 0 Å². The van der Waals surface area contributed by atoms with Crippen LogP contribution in [0, 0.1) is 0 Å². The summed E-state index contributed by atoms with van der Waals surface area (Å²) in [6.07, 6.45) is 5.76. The molecule has 0 saturated heterocycles. The summed E-state index contributed by atoms with van der Waals surface area (Å²) >= 11 is 0. The van der Waals surface area contributed by atoms with Gasteiger partial charge in [0.25, 0.3) is 0 Å². The van der Waals surface area contributed by atoms with Gasteiger partial charge in [0.1, 0.15) is 6.10 Å². The van der Waals surface area contributed by atoms with Crippen LogP contribution in [0.1, 0.15) is 66.2 Å². The molecule has 0 heterocycles. The summed E-state index contributed by atoms with van der Waals surface area (Å²) < 4.78 is 16.4. The average Bonchev–Trinajstić information content (AvgIpc) is 2.35. The highest BCUT2D eigenvalue weighted by molar-refractivity contribution is 5.66. The van der Waals surface area contributed by atoms with E-state index >= 15 is 0 Å². The molecule has 4 heteroatoms. The van der Waals surface area contributed by atoms with Crippen LogP contribution in [0.25, 0.3) is 0 Å². The molecule has 0 aliphatic carbocycles. The highest BCUT2D eigenvalue weighted by Gasteiger charge is 2.16. The van der Waals surface area contributed by atoms with E-state index in [-0.39, 0.29) is 18.4 Å². The lowest BCUT2D eigenvalue weighted by Crippen LogP contribution is -2.22. The van der Waals surface area contributed by atoms with Crippen LogP contribution in [0.5, 0.6) is 0 Å². The number of esters is 1. The van der Waals surface area contributed by atoms with E-state index in [9.17, 15) is 4.79 Å². The molecule has 0 unspecified atom stereocenters. The second kappa shape index (κ2) is 12.4. The molecule has 0 rings (SSSR count). The Morgan fingerprint density at radius 2 is 1.58 bits per heavy atom. The van der Waals surface area contributed by atoms with Crippen molar-refractivity contribution in [1.82, 2.24) is 0 Å². The third-order valence-corrected chi connectivity index (χ3v) is 2.89. The predicted octanol–water partition coefficient (Wildman–Crippen LogP) is 3.68. The Labute approximate surface area is 117 Å². The fourth-order valence-electron chi connectivity index (χ4n) is 2.03. The molecule has 0 fully saturated rings. The largest absolute Gasteiger partial charge is 0.463 e. The number of hydrogen-bond donors (Lipinski definition) is 0. The van der Waals surface area contributed by atoms with Gasteiger partial charge < -0.3 is 14.2 Å². The summed E-state index contributed by atoms with van der Waals surface area (Å²) in [7, 11) is 0.